The Morgan fingerprint density at radius 3 is 1.89 bits per heavy atom. The first-order valence-corrected chi connectivity index (χ1v) is 7.34. The molecule has 0 unspecified atom stereocenters. The van der Waals surface area contributed by atoms with Crippen molar-refractivity contribution in [2.24, 2.45) is 0 Å². The van der Waals surface area contributed by atoms with Gasteiger partial charge >= 0.3 is 0 Å². The van der Waals surface area contributed by atoms with Gasteiger partial charge in [0.2, 0.25) is 0 Å². The zero-order chi connectivity index (χ0) is 14.1. The Balaban J connectivity index is 2.74. The number of nitrogens with one attached hydrogen (secondary N) is 1. The van der Waals surface area contributed by atoms with Crippen molar-refractivity contribution < 1.29 is 9.47 Å². The van der Waals surface area contributed by atoms with Gasteiger partial charge in [-0.25, -0.2) is 0 Å². The standard InChI is InChI=1S/C16H27NO2/c1-5-13-10-9-11-14(6-2)16(13)17-12-15(18-7-3)19-8-4/h9-11,15,17H,5-8,12H2,1-4H3. The molecule has 3 nitrogen and oxygen atoms in total. The van der Waals surface area contributed by atoms with Gasteiger partial charge in [-0.2, -0.15) is 0 Å². The Hall–Kier alpha value is -1.06. The largest absolute Gasteiger partial charge is 0.379 e. The minimum absolute atomic E-state index is 0.176. The number of para-hydroxylation sites is 1. The second-order valence-electron chi connectivity index (χ2n) is 4.38. The van der Waals surface area contributed by atoms with E-state index in [1.54, 1.807) is 0 Å². The van der Waals surface area contributed by atoms with Crippen LogP contribution in [0.4, 0.5) is 5.69 Å². The second kappa shape index (κ2) is 8.94. The summed E-state index contributed by atoms with van der Waals surface area (Å²) in [5.41, 5.74) is 3.95. The van der Waals surface area contributed by atoms with Gasteiger partial charge < -0.3 is 14.8 Å². The molecule has 3 heteroatoms. The van der Waals surface area contributed by atoms with E-state index in [0.717, 1.165) is 12.8 Å². The van der Waals surface area contributed by atoms with Crippen LogP contribution in [-0.2, 0) is 22.3 Å². The highest BCUT2D eigenvalue weighted by Crippen LogP contribution is 2.22. The Morgan fingerprint density at radius 2 is 1.47 bits per heavy atom. The fourth-order valence-electron chi connectivity index (χ4n) is 2.19. The maximum Gasteiger partial charge on any atom is 0.174 e. The highest BCUT2D eigenvalue weighted by atomic mass is 16.7. The molecule has 1 aromatic rings. The highest BCUT2D eigenvalue weighted by molar-refractivity contribution is 5.57. The third kappa shape index (κ3) is 4.84. The van der Waals surface area contributed by atoms with E-state index in [1.165, 1.54) is 16.8 Å². The van der Waals surface area contributed by atoms with E-state index in [-0.39, 0.29) is 6.29 Å². The van der Waals surface area contributed by atoms with Crippen LogP contribution in [0.15, 0.2) is 18.2 Å². The van der Waals surface area contributed by atoms with Gasteiger partial charge in [-0.15, -0.1) is 0 Å². The van der Waals surface area contributed by atoms with Gasteiger partial charge in [-0.1, -0.05) is 32.0 Å². The smallest absolute Gasteiger partial charge is 0.174 e. The lowest BCUT2D eigenvalue weighted by Gasteiger charge is -2.21. The molecule has 1 aromatic carbocycles. The van der Waals surface area contributed by atoms with Gasteiger partial charge in [0.25, 0.3) is 0 Å². The summed E-state index contributed by atoms with van der Waals surface area (Å²) in [7, 11) is 0. The molecular weight excluding hydrogens is 238 g/mol. The van der Waals surface area contributed by atoms with Crippen molar-refractivity contribution in [2.45, 2.75) is 46.8 Å². The van der Waals surface area contributed by atoms with Crippen LogP contribution in [0.2, 0.25) is 0 Å². The lowest BCUT2D eigenvalue weighted by Crippen LogP contribution is -2.27. The summed E-state index contributed by atoms with van der Waals surface area (Å²) >= 11 is 0. The van der Waals surface area contributed by atoms with Crippen molar-refractivity contribution in [1.29, 1.82) is 0 Å². The molecule has 0 bridgehead atoms. The molecule has 19 heavy (non-hydrogen) atoms. The molecule has 0 aliphatic heterocycles. The molecule has 0 fully saturated rings. The molecule has 0 heterocycles. The van der Waals surface area contributed by atoms with E-state index in [2.05, 4.69) is 37.4 Å². The lowest BCUT2D eigenvalue weighted by molar-refractivity contribution is -0.126. The molecule has 0 saturated heterocycles. The molecule has 0 atom stereocenters. The third-order valence-corrected chi connectivity index (χ3v) is 3.15. The maximum absolute atomic E-state index is 5.57. The highest BCUT2D eigenvalue weighted by Gasteiger charge is 2.10. The molecule has 0 spiro atoms. The van der Waals surface area contributed by atoms with Crippen LogP contribution >= 0.6 is 0 Å². The average Bonchev–Trinajstić information content (AvgIpc) is 2.44. The van der Waals surface area contributed by atoms with Crippen LogP contribution in [0, 0.1) is 0 Å². The van der Waals surface area contributed by atoms with Crippen molar-refractivity contribution in [3.63, 3.8) is 0 Å². The van der Waals surface area contributed by atoms with E-state index in [9.17, 15) is 0 Å². The number of hydrogen-bond acceptors (Lipinski definition) is 3. The van der Waals surface area contributed by atoms with E-state index in [4.69, 9.17) is 9.47 Å². The first-order valence-electron chi connectivity index (χ1n) is 7.34. The fourth-order valence-corrected chi connectivity index (χ4v) is 2.19. The zero-order valence-corrected chi connectivity index (χ0v) is 12.7. The molecule has 1 rings (SSSR count). The fraction of sp³-hybridized carbons (Fsp3) is 0.625. The number of ether oxygens (including phenoxy) is 2. The number of anilines is 1. The molecule has 0 aromatic heterocycles. The minimum Gasteiger partial charge on any atom is -0.379 e. The molecule has 0 aliphatic carbocycles. The SMILES string of the molecule is CCOC(CNc1c(CC)cccc1CC)OCC. The molecule has 0 radical (unpaired) electrons. The van der Waals surface area contributed by atoms with E-state index in [0.29, 0.717) is 19.8 Å². The van der Waals surface area contributed by atoms with Gasteiger partial charge in [0.1, 0.15) is 0 Å². The summed E-state index contributed by atoms with van der Waals surface area (Å²) in [5.74, 6) is 0. The van der Waals surface area contributed by atoms with Crippen LogP contribution in [-0.4, -0.2) is 26.0 Å². The van der Waals surface area contributed by atoms with Crippen LogP contribution < -0.4 is 5.32 Å². The quantitative estimate of drug-likeness (QED) is 0.692. The number of rotatable bonds is 9. The Labute approximate surface area is 117 Å². The lowest BCUT2D eigenvalue weighted by atomic mass is 10.0. The van der Waals surface area contributed by atoms with Crippen molar-refractivity contribution in [1.82, 2.24) is 0 Å². The molecule has 108 valence electrons. The monoisotopic (exact) mass is 265 g/mol. The van der Waals surface area contributed by atoms with Crippen molar-refractivity contribution in [2.75, 3.05) is 25.1 Å². The summed E-state index contributed by atoms with van der Waals surface area (Å²) in [5, 5.41) is 3.50. The van der Waals surface area contributed by atoms with Gasteiger partial charge in [0, 0.05) is 18.9 Å². The molecule has 0 aliphatic rings. The van der Waals surface area contributed by atoms with Crippen LogP contribution in [0.1, 0.15) is 38.8 Å². The predicted molar refractivity (Wildman–Crippen MR) is 80.7 cm³/mol. The van der Waals surface area contributed by atoms with Gasteiger partial charge in [0.15, 0.2) is 6.29 Å². The zero-order valence-electron chi connectivity index (χ0n) is 12.7. The summed E-state index contributed by atoms with van der Waals surface area (Å²) in [6.45, 7) is 10.4. The van der Waals surface area contributed by atoms with Crippen LogP contribution in [0.3, 0.4) is 0 Å². The van der Waals surface area contributed by atoms with E-state index in [1.807, 2.05) is 13.8 Å². The summed E-state index contributed by atoms with van der Waals surface area (Å²) < 4.78 is 11.1. The topological polar surface area (TPSA) is 30.5 Å². The minimum atomic E-state index is -0.176. The number of benzene rings is 1. The van der Waals surface area contributed by atoms with Crippen molar-refractivity contribution >= 4 is 5.69 Å². The number of aryl methyl sites for hydroxylation is 2. The first kappa shape index (κ1) is 16.0. The molecule has 0 saturated carbocycles. The van der Waals surface area contributed by atoms with E-state index < -0.39 is 0 Å². The first-order chi connectivity index (χ1) is 9.26. The summed E-state index contributed by atoms with van der Waals surface area (Å²) in [6.07, 6.45) is 1.89. The second-order valence-corrected chi connectivity index (χ2v) is 4.38. The molecule has 0 amide bonds. The third-order valence-electron chi connectivity index (χ3n) is 3.15. The Bertz CT molecular complexity index is 338. The number of hydrogen-bond donors (Lipinski definition) is 1. The Kier molecular flexibility index (Phi) is 7.53. The van der Waals surface area contributed by atoms with E-state index >= 15 is 0 Å². The van der Waals surface area contributed by atoms with Gasteiger partial charge in [-0.3, -0.25) is 0 Å². The van der Waals surface area contributed by atoms with Crippen molar-refractivity contribution in [3.8, 4) is 0 Å². The Morgan fingerprint density at radius 1 is 0.947 bits per heavy atom. The molecule has 1 N–H and O–H groups in total. The normalized spacial score (nSPS) is 11.0. The average molecular weight is 265 g/mol. The van der Waals surface area contributed by atoms with Crippen molar-refractivity contribution in [3.05, 3.63) is 29.3 Å². The summed E-state index contributed by atoms with van der Waals surface area (Å²) in [6, 6.07) is 6.49. The molecular formula is C16H27NO2. The maximum atomic E-state index is 5.57. The predicted octanol–water partition coefficient (Wildman–Crippen LogP) is 3.62. The van der Waals surface area contributed by atoms with Crippen LogP contribution in [0.5, 0.6) is 0 Å². The van der Waals surface area contributed by atoms with Gasteiger partial charge in [-0.05, 0) is 37.8 Å². The van der Waals surface area contributed by atoms with Crippen LogP contribution in [0.25, 0.3) is 0 Å². The van der Waals surface area contributed by atoms with Gasteiger partial charge in [0.05, 0.1) is 6.54 Å². The summed E-state index contributed by atoms with van der Waals surface area (Å²) in [4.78, 5) is 0.